The second-order valence-corrected chi connectivity index (χ2v) is 8.08. The minimum Gasteiger partial charge on any atom is -0.366 e. The fraction of sp³-hybridized carbons (Fsp3) is 0.312. The van der Waals surface area contributed by atoms with Crippen molar-refractivity contribution >= 4 is 27.7 Å². The Morgan fingerprint density at radius 3 is 2.52 bits per heavy atom. The first-order chi connectivity index (χ1) is 11.6. The number of primary amides is 1. The molecule has 0 unspecified atom stereocenters. The summed E-state index contributed by atoms with van der Waals surface area (Å²) in [6.07, 6.45) is 3.87. The Bertz CT molecular complexity index is 916. The minimum atomic E-state index is -3.77. The monoisotopic (exact) mass is 363 g/mol. The maximum Gasteiger partial charge on any atom is 0.261 e. The van der Waals surface area contributed by atoms with E-state index in [0.717, 1.165) is 23.8 Å². The highest BCUT2D eigenvalue weighted by Crippen LogP contribution is 2.36. The summed E-state index contributed by atoms with van der Waals surface area (Å²) in [5, 5.41) is 0. The first-order valence-corrected chi connectivity index (χ1v) is 9.11. The lowest BCUT2D eigenvalue weighted by Gasteiger charge is -2.12. The van der Waals surface area contributed by atoms with E-state index in [0.29, 0.717) is 0 Å². The third-order valence-corrected chi connectivity index (χ3v) is 5.84. The van der Waals surface area contributed by atoms with E-state index < -0.39 is 33.3 Å². The predicted molar refractivity (Wildman–Crippen MR) is 88.1 cm³/mol. The lowest BCUT2D eigenvalue weighted by molar-refractivity contribution is -0.113. The molecule has 1 heterocycles. The van der Waals surface area contributed by atoms with Crippen molar-refractivity contribution in [3.8, 4) is 0 Å². The van der Waals surface area contributed by atoms with E-state index in [1.165, 1.54) is 24.3 Å². The average Bonchev–Trinajstić information content (AvgIpc) is 3.19. The number of fused-ring (bicyclic) bond motifs is 1. The van der Waals surface area contributed by atoms with Crippen molar-refractivity contribution in [2.24, 2.45) is 5.73 Å². The summed E-state index contributed by atoms with van der Waals surface area (Å²) in [6.45, 7) is 1.69. The van der Waals surface area contributed by atoms with E-state index in [1.54, 1.807) is 6.92 Å². The molecule has 3 amide bonds. The van der Waals surface area contributed by atoms with E-state index >= 15 is 0 Å². The number of carbonyl (C=O) groups excluding carboxylic acids is 3. The third-order valence-electron chi connectivity index (χ3n) is 4.20. The van der Waals surface area contributed by atoms with Gasteiger partial charge < -0.3 is 5.73 Å². The molecule has 1 aromatic rings. The fourth-order valence-corrected chi connectivity index (χ4v) is 4.04. The smallest absolute Gasteiger partial charge is 0.261 e. The third kappa shape index (κ3) is 3.33. The normalized spacial score (nSPS) is 18.7. The Morgan fingerprint density at radius 1 is 1.28 bits per heavy atom. The lowest BCUT2D eigenvalue weighted by Crippen LogP contribution is -2.34. The van der Waals surface area contributed by atoms with E-state index in [9.17, 15) is 22.8 Å². The molecule has 9 heteroatoms. The Balaban J connectivity index is 1.87. The van der Waals surface area contributed by atoms with Gasteiger partial charge in [-0.3, -0.25) is 19.3 Å². The van der Waals surface area contributed by atoms with Crippen molar-refractivity contribution in [2.75, 3.05) is 6.54 Å². The topological polar surface area (TPSA) is 127 Å². The lowest BCUT2D eigenvalue weighted by atomic mass is 10.1. The Labute approximate surface area is 144 Å². The SMILES string of the molecule is CC1(NS(=O)(=O)c2ccc3c(c2)C(=O)N(C/C=C/C(N)=O)C3=O)CC1. The number of benzene rings is 1. The highest BCUT2D eigenvalue weighted by Gasteiger charge is 2.42. The van der Waals surface area contributed by atoms with Crippen LogP contribution in [-0.2, 0) is 14.8 Å². The number of rotatable bonds is 6. The first-order valence-electron chi connectivity index (χ1n) is 7.63. The molecule has 0 radical (unpaired) electrons. The van der Waals surface area contributed by atoms with Gasteiger partial charge in [-0.25, -0.2) is 13.1 Å². The molecule has 0 aromatic heterocycles. The maximum atomic E-state index is 12.4. The second-order valence-electron chi connectivity index (χ2n) is 6.40. The molecule has 0 atom stereocenters. The number of nitrogens with two attached hydrogens (primary N) is 1. The van der Waals surface area contributed by atoms with Crippen LogP contribution in [0.15, 0.2) is 35.2 Å². The number of nitrogens with one attached hydrogen (secondary N) is 1. The van der Waals surface area contributed by atoms with Crippen LogP contribution in [0, 0.1) is 0 Å². The zero-order valence-corrected chi connectivity index (χ0v) is 14.3. The zero-order valence-electron chi connectivity index (χ0n) is 13.5. The first kappa shape index (κ1) is 17.3. The molecule has 3 rings (SSSR count). The summed E-state index contributed by atoms with van der Waals surface area (Å²) >= 11 is 0. The van der Waals surface area contributed by atoms with Crippen LogP contribution in [0.25, 0.3) is 0 Å². The predicted octanol–water partition coefficient (Wildman–Crippen LogP) is 0.155. The summed E-state index contributed by atoms with van der Waals surface area (Å²) < 4.78 is 27.4. The molecule has 1 aromatic carbocycles. The molecule has 1 aliphatic heterocycles. The fourth-order valence-electron chi connectivity index (χ4n) is 2.55. The Morgan fingerprint density at radius 2 is 1.92 bits per heavy atom. The summed E-state index contributed by atoms with van der Waals surface area (Å²) in [5.74, 6) is -1.84. The summed E-state index contributed by atoms with van der Waals surface area (Å²) in [6, 6.07) is 3.85. The molecule has 8 nitrogen and oxygen atoms in total. The van der Waals surface area contributed by atoms with Crippen molar-refractivity contribution in [1.29, 1.82) is 0 Å². The Hall–Kier alpha value is -2.52. The van der Waals surface area contributed by atoms with Gasteiger partial charge in [0.25, 0.3) is 11.8 Å². The highest BCUT2D eigenvalue weighted by atomic mass is 32.2. The van der Waals surface area contributed by atoms with Gasteiger partial charge in [-0.15, -0.1) is 0 Å². The number of imide groups is 1. The van der Waals surface area contributed by atoms with Gasteiger partial charge in [0.15, 0.2) is 0 Å². The molecule has 3 N–H and O–H groups in total. The van der Waals surface area contributed by atoms with Gasteiger partial charge in [-0.05, 0) is 38.0 Å². The standard InChI is InChI=1S/C16H17N3O5S/c1-16(6-7-16)18-25(23,24)10-4-5-11-12(9-10)15(22)19(14(11)21)8-2-3-13(17)20/h2-5,9,18H,6-8H2,1H3,(H2,17,20)/b3-2+. The van der Waals surface area contributed by atoms with E-state index in [2.05, 4.69) is 4.72 Å². The molecule has 0 bridgehead atoms. The largest absolute Gasteiger partial charge is 0.366 e. The maximum absolute atomic E-state index is 12.4. The Kier molecular flexibility index (Phi) is 4.00. The van der Waals surface area contributed by atoms with Crippen LogP contribution in [0.3, 0.4) is 0 Å². The van der Waals surface area contributed by atoms with Crippen LogP contribution in [-0.4, -0.2) is 43.1 Å². The van der Waals surface area contributed by atoms with Crippen molar-refractivity contribution in [3.63, 3.8) is 0 Å². The van der Waals surface area contributed by atoms with Gasteiger partial charge in [-0.2, -0.15) is 0 Å². The van der Waals surface area contributed by atoms with Gasteiger partial charge in [0.2, 0.25) is 15.9 Å². The number of hydrogen-bond donors (Lipinski definition) is 2. The molecule has 132 valence electrons. The van der Waals surface area contributed by atoms with E-state index in [4.69, 9.17) is 5.73 Å². The molecule has 1 fully saturated rings. The molecular formula is C16H17N3O5S. The van der Waals surface area contributed by atoms with E-state index in [1.807, 2.05) is 0 Å². The van der Waals surface area contributed by atoms with Gasteiger partial charge in [0.1, 0.15) is 0 Å². The number of hydrogen-bond acceptors (Lipinski definition) is 5. The van der Waals surface area contributed by atoms with Crippen LogP contribution < -0.4 is 10.5 Å². The molecule has 25 heavy (non-hydrogen) atoms. The van der Waals surface area contributed by atoms with Crippen LogP contribution in [0.5, 0.6) is 0 Å². The van der Waals surface area contributed by atoms with Gasteiger partial charge in [-0.1, -0.05) is 6.08 Å². The van der Waals surface area contributed by atoms with Crippen LogP contribution in [0.1, 0.15) is 40.5 Å². The van der Waals surface area contributed by atoms with Crippen LogP contribution in [0.2, 0.25) is 0 Å². The molecule has 1 aliphatic carbocycles. The molecule has 0 saturated heterocycles. The molecule has 2 aliphatic rings. The summed E-state index contributed by atoms with van der Waals surface area (Å²) in [7, 11) is -3.77. The van der Waals surface area contributed by atoms with Crippen molar-refractivity contribution in [2.45, 2.75) is 30.2 Å². The summed E-state index contributed by atoms with van der Waals surface area (Å²) in [4.78, 5) is 36.2. The van der Waals surface area contributed by atoms with Crippen molar-refractivity contribution < 1.29 is 22.8 Å². The quantitative estimate of drug-likeness (QED) is 0.550. The van der Waals surface area contributed by atoms with Crippen molar-refractivity contribution in [3.05, 3.63) is 41.5 Å². The van der Waals surface area contributed by atoms with Crippen LogP contribution >= 0.6 is 0 Å². The highest BCUT2D eigenvalue weighted by molar-refractivity contribution is 7.89. The molecule has 0 spiro atoms. The second kappa shape index (κ2) is 5.78. The zero-order chi connectivity index (χ0) is 18.4. The number of nitrogens with zero attached hydrogens (tertiary/aromatic N) is 1. The molecular weight excluding hydrogens is 346 g/mol. The van der Waals surface area contributed by atoms with E-state index in [-0.39, 0.29) is 22.6 Å². The summed E-state index contributed by atoms with van der Waals surface area (Å²) in [5.41, 5.74) is 4.69. The van der Waals surface area contributed by atoms with Gasteiger partial charge in [0, 0.05) is 18.2 Å². The minimum absolute atomic E-state index is 0.0290. The van der Waals surface area contributed by atoms with Crippen LogP contribution in [0.4, 0.5) is 0 Å². The number of sulfonamides is 1. The van der Waals surface area contributed by atoms with Gasteiger partial charge in [0.05, 0.1) is 16.0 Å². The number of amides is 3. The molecule has 1 saturated carbocycles. The van der Waals surface area contributed by atoms with Crippen molar-refractivity contribution in [1.82, 2.24) is 9.62 Å². The van der Waals surface area contributed by atoms with Gasteiger partial charge >= 0.3 is 0 Å². The average molecular weight is 363 g/mol. The number of carbonyl (C=O) groups is 3.